The lowest BCUT2D eigenvalue weighted by molar-refractivity contribution is -0.132. The SMILES string of the molecule is C/C(=C\c1ccc(CNC23CC4CC(CC(C4)C2)C3)o1)C(=O)O. The second-order valence-corrected chi connectivity index (χ2v) is 7.99. The third-order valence-corrected chi connectivity index (χ3v) is 6.05. The molecule has 0 aliphatic heterocycles. The van der Waals surface area contributed by atoms with Crippen LogP contribution in [0.2, 0.25) is 0 Å². The summed E-state index contributed by atoms with van der Waals surface area (Å²) in [6.07, 6.45) is 9.90. The van der Waals surface area contributed by atoms with E-state index in [4.69, 9.17) is 9.52 Å². The number of hydrogen-bond acceptors (Lipinski definition) is 3. The van der Waals surface area contributed by atoms with Gasteiger partial charge in [0.2, 0.25) is 0 Å². The van der Waals surface area contributed by atoms with E-state index in [0.717, 1.165) is 30.1 Å². The molecule has 124 valence electrons. The monoisotopic (exact) mass is 315 g/mol. The summed E-state index contributed by atoms with van der Waals surface area (Å²) in [6, 6.07) is 3.80. The van der Waals surface area contributed by atoms with E-state index in [1.807, 2.05) is 12.1 Å². The predicted molar refractivity (Wildman–Crippen MR) is 87.7 cm³/mol. The Morgan fingerprint density at radius 3 is 2.43 bits per heavy atom. The van der Waals surface area contributed by atoms with Gasteiger partial charge < -0.3 is 14.8 Å². The van der Waals surface area contributed by atoms with E-state index in [0.29, 0.717) is 16.9 Å². The third kappa shape index (κ3) is 2.97. The van der Waals surface area contributed by atoms with Crippen molar-refractivity contribution in [3.63, 3.8) is 0 Å². The van der Waals surface area contributed by atoms with Crippen LogP contribution >= 0.6 is 0 Å². The fraction of sp³-hybridized carbons (Fsp3) is 0.632. The topological polar surface area (TPSA) is 62.5 Å². The van der Waals surface area contributed by atoms with Gasteiger partial charge in [0.15, 0.2) is 0 Å². The molecule has 0 atom stereocenters. The molecule has 5 rings (SSSR count). The maximum atomic E-state index is 10.9. The number of carboxylic acids is 1. The Kier molecular flexibility index (Phi) is 3.60. The smallest absolute Gasteiger partial charge is 0.331 e. The highest BCUT2D eigenvalue weighted by Gasteiger charge is 2.50. The summed E-state index contributed by atoms with van der Waals surface area (Å²) >= 11 is 0. The molecule has 4 nitrogen and oxygen atoms in total. The Morgan fingerprint density at radius 1 is 1.26 bits per heavy atom. The summed E-state index contributed by atoms with van der Waals surface area (Å²) < 4.78 is 5.77. The van der Waals surface area contributed by atoms with E-state index in [1.165, 1.54) is 38.5 Å². The number of aliphatic carboxylic acids is 1. The molecule has 4 aliphatic carbocycles. The third-order valence-electron chi connectivity index (χ3n) is 6.05. The minimum Gasteiger partial charge on any atom is -0.478 e. The zero-order valence-electron chi connectivity index (χ0n) is 13.7. The van der Waals surface area contributed by atoms with Crippen molar-refractivity contribution in [3.8, 4) is 0 Å². The molecule has 0 radical (unpaired) electrons. The van der Waals surface area contributed by atoms with Gasteiger partial charge in [0.25, 0.3) is 0 Å². The number of rotatable bonds is 5. The summed E-state index contributed by atoms with van der Waals surface area (Å²) in [5.74, 6) is 3.40. The fourth-order valence-corrected chi connectivity index (χ4v) is 5.44. The summed E-state index contributed by atoms with van der Waals surface area (Å²) in [5.41, 5.74) is 0.620. The first kappa shape index (κ1) is 15.0. The number of carbonyl (C=O) groups is 1. The van der Waals surface area contributed by atoms with Crippen LogP contribution in [-0.2, 0) is 11.3 Å². The zero-order chi connectivity index (χ0) is 16.0. The predicted octanol–water partition coefficient (Wildman–Crippen LogP) is 3.83. The van der Waals surface area contributed by atoms with Crippen LogP contribution in [0.1, 0.15) is 57.0 Å². The first-order valence-electron chi connectivity index (χ1n) is 8.77. The highest BCUT2D eigenvalue weighted by Crippen LogP contribution is 2.55. The fourth-order valence-electron chi connectivity index (χ4n) is 5.44. The molecule has 23 heavy (non-hydrogen) atoms. The zero-order valence-corrected chi connectivity index (χ0v) is 13.7. The van der Waals surface area contributed by atoms with Gasteiger partial charge in [-0.1, -0.05) is 0 Å². The van der Waals surface area contributed by atoms with Crippen molar-refractivity contribution in [3.05, 3.63) is 29.2 Å². The van der Waals surface area contributed by atoms with Gasteiger partial charge >= 0.3 is 5.97 Å². The van der Waals surface area contributed by atoms with E-state index < -0.39 is 5.97 Å². The van der Waals surface area contributed by atoms with Gasteiger partial charge in [-0.2, -0.15) is 0 Å². The molecule has 0 amide bonds. The molecule has 4 saturated carbocycles. The molecule has 0 saturated heterocycles. The van der Waals surface area contributed by atoms with Crippen molar-refractivity contribution in [2.24, 2.45) is 17.8 Å². The standard InChI is InChI=1S/C19H25NO3/c1-12(18(21)22)4-16-2-3-17(23-16)11-20-19-8-13-5-14(9-19)7-15(6-13)10-19/h2-4,13-15,20H,5-11H2,1H3,(H,21,22)/b12-4+. The first-order valence-corrected chi connectivity index (χ1v) is 8.77. The average Bonchev–Trinajstić information content (AvgIpc) is 2.91. The number of carboxylic acid groups (broad SMARTS) is 1. The molecule has 4 aliphatic rings. The summed E-state index contributed by atoms with van der Waals surface area (Å²) in [5, 5.41) is 12.7. The Bertz CT molecular complexity index is 608. The normalized spacial score (nSPS) is 35.7. The van der Waals surface area contributed by atoms with Crippen LogP contribution in [0.5, 0.6) is 0 Å². The lowest BCUT2D eigenvalue weighted by atomic mass is 9.53. The van der Waals surface area contributed by atoms with Crippen LogP contribution in [0.15, 0.2) is 22.1 Å². The van der Waals surface area contributed by atoms with Gasteiger partial charge in [0, 0.05) is 11.1 Å². The Labute approximate surface area is 136 Å². The van der Waals surface area contributed by atoms with Crippen molar-refractivity contribution in [1.82, 2.24) is 5.32 Å². The maximum absolute atomic E-state index is 10.9. The van der Waals surface area contributed by atoms with Gasteiger partial charge in [0.1, 0.15) is 11.5 Å². The molecule has 0 spiro atoms. The summed E-state index contributed by atoms with van der Waals surface area (Å²) in [4.78, 5) is 10.9. The van der Waals surface area contributed by atoms with Gasteiger partial charge in [-0.05, 0) is 81.4 Å². The van der Waals surface area contributed by atoms with Crippen molar-refractivity contribution in [1.29, 1.82) is 0 Å². The summed E-state index contributed by atoms with van der Waals surface area (Å²) in [7, 11) is 0. The van der Waals surface area contributed by atoms with Crippen molar-refractivity contribution in [2.75, 3.05) is 0 Å². The second kappa shape index (κ2) is 5.52. The lowest BCUT2D eigenvalue weighted by Crippen LogP contribution is -2.58. The van der Waals surface area contributed by atoms with E-state index in [2.05, 4.69) is 5.32 Å². The highest BCUT2D eigenvalue weighted by atomic mass is 16.4. The largest absolute Gasteiger partial charge is 0.478 e. The van der Waals surface area contributed by atoms with Gasteiger partial charge in [-0.15, -0.1) is 0 Å². The van der Waals surface area contributed by atoms with Crippen LogP contribution in [0.3, 0.4) is 0 Å². The summed E-state index contributed by atoms with van der Waals surface area (Å²) in [6.45, 7) is 2.32. The molecule has 4 bridgehead atoms. The number of furan rings is 1. The van der Waals surface area contributed by atoms with Crippen LogP contribution in [0, 0.1) is 17.8 Å². The molecule has 4 heteroatoms. The molecule has 1 aromatic heterocycles. The average molecular weight is 315 g/mol. The Hall–Kier alpha value is -1.55. The van der Waals surface area contributed by atoms with Crippen LogP contribution in [0.25, 0.3) is 6.08 Å². The van der Waals surface area contributed by atoms with Crippen molar-refractivity contribution >= 4 is 12.0 Å². The Balaban J connectivity index is 1.41. The number of hydrogen-bond donors (Lipinski definition) is 2. The number of nitrogens with one attached hydrogen (secondary N) is 1. The molecule has 4 fully saturated rings. The van der Waals surface area contributed by atoms with E-state index >= 15 is 0 Å². The Morgan fingerprint density at radius 2 is 1.87 bits per heavy atom. The second-order valence-electron chi connectivity index (χ2n) is 7.99. The molecular weight excluding hydrogens is 290 g/mol. The van der Waals surface area contributed by atoms with E-state index in [9.17, 15) is 4.79 Å². The molecule has 0 unspecified atom stereocenters. The quantitative estimate of drug-likeness (QED) is 0.811. The van der Waals surface area contributed by atoms with E-state index in [-0.39, 0.29) is 0 Å². The first-order chi connectivity index (χ1) is 11.0. The molecule has 0 aromatic carbocycles. The molecular formula is C19H25NO3. The van der Waals surface area contributed by atoms with Crippen LogP contribution in [-0.4, -0.2) is 16.6 Å². The molecule has 2 N–H and O–H groups in total. The maximum Gasteiger partial charge on any atom is 0.331 e. The minimum absolute atomic E-state index is 0.292. The van der Waals surface area contributed by atoms with Crippen molar-refractivity contribution < 1.29 is 14.3 Å². The van der Waals surface area contributed by atoms with Crippen molar-refractivity contribution in [2.45, 2.75) is 57.5 Å². The van der Waals surface area contributed by atoms with Gasteiger partial charge in [-0.3, -0.25) is 0 Å². The molecule has 1 heterocycles. The molecule has 1 aromatic rings. The minimum atomic E-state index is -0.908. The van der Waals surface area contributed by atoms with Crippen LogP contribution in [0.4, 0.5) is 0 Å². The van der Waals surface area contributed by atoms with Crippen LogP contribution < -0.4 is 5.32 Å². The van der Waals surface area contributed by atoms with Gasteiger partial charge in [0.05, 0.1) is 6.54 Å². The van der Waals surface area contributed by atoms with E-state index in [1.54, 1.807) is 13.0 Å². The highest BCUT2D eigenvalue weighted by molar-refractivity contribution is 5.90. The lowest BCUT2D eigenvalue weighted by Gasteiger charge is -2.57. The van der Waals surface area contributed by atoms with Gasteiger partial charge in [-0.25, -0.2) is 4.79 Å².